The Morgan fingerprint density at radius 1 is 1.21 bits per heavy atom. The summed E-state index contributed by atoms with van der Waals surface area (Å²) in [5, 5.41) is 12.2. The Labute approximate surface area is 172 Å². The average molecular weight is 396 g/mol. The molecule has 29 heavy (non-hydrogen) atoms. The zero-order valence-corrected chi connectivity index (χ0v) is 17.6. The molecule has 0 aliphatic carbocycles. The van der Waals surface area contributed by atoms with Crippen molar-refractivity contribution in [2.45, 2.75) is 34.1 Å². The number of nitriles is 1. The highest BCUT2D eigenvalue weighted by atomic mass is 16.5. The van der Waals surface area contributed by atoms with E-state index in [0.29, 0.717) is 32.8 Å². The minimum absolute atomic E-state index is 0.0911. The minimum Gasteiger partial charge on any atom is -0.494 e. The van der Waals surface area contributed by atoms with E-state index in [1.54, 1.807) is 6.08 Å². The Bertz CT molecular complexity index is 889. The number of nitrogens with one attached hydrogen (secondary N) is 1. The van der Waals surface area contributed by atoms with E-state index in [4.69, 9.17) is 9.47 Å². The summed E-state index contributed by atoms with van der Waals surface area (Å²) in [4.78, 5) is 12.3. The molecule has 0 unspecified atom stereocenters. The summed E-state index contributed by atoms with van der Waals surface area (Å²) >= 11 is 0. The maximum atomic E-state index is 12.3. The van der Waals surface area contributed by atoms with Crippen molar-refractivity contribution in [2.24, 2.45) is 0 Å². The van der Waals surface area contributed by atoms with Gasteiger partial charge in [0.2, 0.25) is 0 Å². The van der Waals surface area contributed by atoms with Crippen LogP contribution in [0.25, 0.3) is 11.8 Å². The number of carbonyl (C=O) groups is 1. The quantitative estimate of drug-likeness (QED) is 0.375. The minimum atomic E-state index is -0.366. The van der Waals surface area contributed by atoms with Crippen LogP contribution in [-0.4, -0.2) is 36.8 Å². The molecule has 1 heterocycles. The van der Waals surface area contributed by atoms with Crippen molar-refractivity contribution in [3.63, 3.8) is 0 Å². The number of amides is 1. The van der Waals surface area contributed by atoms with E-state index in [0.717, 1.165) is 28.4 Å². The molecule has 0 aliphatic rings. The molecule has 0 radical (unpaired) electrons. The van der Waals surface area contributed by atoms with Crippen LogP contribution in [0.1, 0.15) is 37.2 Å². The number of hydrogen-bond donors (Lipinski definition) is 1. The molecule has 2 aromatic rings. The van der Waals surface area contributed by atoms with Crippen LogP contribution >= 0.6 is 0 Å². The third-order valence-corrected chi connectivity index (χ3v) is 4.50. The Balaban J connectivity index is 2.18. The molecule has 6 nitrogen and oxygen atoms in total. The van der Waals surface area contributed by atoms with E-state index in [1.807, 2.05) is 64.1 Å². The van der Waals surface area contributed by atoms with Crippen molar-refractivity contribution in [1.82, 2.24) is 9.88 Å². The van der Waals surface area contributed by atoms with Gasteiger partial charge in [0.15, 0.2) is 0 Å². The number of aryl methyl sites for hydroxylation is 1. The zero-order chi connectivity index (χ0) is 21.2. The van der Waals surface area contributed by atoms with E-state index in [9.17, 15) is 10.1 Å². The summed E-state index contributed by atoms with van der Waals surface area (Å²) in [5.74, 6) is 0.460. The van der Waals surface area contributed by atoms with Crippen molar-refractivity contribution in [1.29, 1.82) is 5.26 Å². The van der Waals surface area contributed by atoms with Gasteiger partial charge in [-0.05, 0) is 76.1 Å². The van der Waals surface area contributed by atoms with Gasteiger partial charge < -0.3 is 19.4 Å². The number of nitrogens with zero attached hydrogens (tertiary/aromatic N) is 2. The summed E-state index contributed by atoms with van der Waals surface area (Å²) in [5.41, 5.74) is 3.92. The fourth-order valence-corrected chi connectivity index (χ4v) is 3.11. The second-order valence-corrected chi connectivity index (χ2v) is 6.56. The molecule has 0 saturated heterocycles. The van der Waals surface area contributed by atoms with Crippen LogP contribution in [0.3, 0.4) is 0 Å². The predicted molar refractivity (Wildman–Crippen MR) is 114 cm³/mol. The van der Waals surface area contributed by atoms with E-state index in [2.05, 4.69) is 9.88 Å². The molecule has 0 saturated carbocycles. The van der Waals surface area contributed by atoms with Crippen LogP contribution in [0, 0.1) is 25.2 Å². The van der Waals surface area contributed by atoms with E-state index in [1.165, 1.54) is 0 Å². The van der Waals surface area contributed by atoms with Gasteiger partial charge in [0, 0.05) is 36.8 Å². The van der Waals surface area contributed by atoms with Gasteiger partial charge in [0.1, 0.15) is 17.4 Å². The first-order valence-corrected chi connectivity index (χ1v) is 9.91. The summed E-state index contributed by atoms with van der Waals surface area (Å²) in [7, 11) is 0. The maximum absolute atomic E-state index is 12.3. The first kappa shape index (κ1) is 22.3. The average Bonchev–Trinajstić information content (AvgIpc) is 2.99. The van der Waals surface area contributed by atoms with E-state index >= 15 is 0 Å². The molecule has 154 valence electrons. The first-order chi connectivity index (χ1) is 14.0. The molecule has 0 spiro atoms. The standard InChI is InChI=1S/C23H29N3O3/c1-5-28-13-7-12-25-23(27)20(16-24)15-19-14-17(3)26(18(19)4)21-8-10-22(11-9-21)29-6-2/h8-11,14-15H,5-7,12-13H2,1-4H3,(H,25,27)/b20-15+. The zero-order valence-electron chi connectivity index (χ0n) is 17.6. The fourth-order valence-electron chi connectivity index (χ4n) is 3.11. The molecule has 1 aromatic heterocycles. The Hall–Kier alpha value is -3.04. The third kappa shape index (κ3) is 5.97. The second-order valence-electron chi connectivity index (χ2n) is 6.56. The van der Waals surface area contributed by atoms with Gasteiger partial charge in [-0.2, -0.15) is 5.26 Å². The molecule has 0 aliphatic heterocycles. The van der Waals surface area contributed by atoms with Gasteiger partial charge in [-0.25, -0.2) is 0 Å². The number of rotatable bonds is 10. The topological polar surface area (TPSA) is 76.3 Å². The number of carbonyl (C=O) groups excluding carboxylic acids is 1. The smallest absolute Gasteiger partial charge is 0.261 e. The highest BCUT2D eigenvalue weighted by Crippen LogP contribution is 2.24. The lowest BCUT2D eigenvalue weighted by atomic mass is 10.1. The van der Waals surface area contributed by atoms with Crippen LogP contribution in [0.5, 0.6) is 5.75 Å². The van der Waals surface area contributed by atoms with Gasteiger partial charge >= 0.3 is 0 Å². The van der Waals surface area contributed by atoms with Crippen LogP contribution in [0.2, 0.25) is 0 Å². The highest BCUT2D eigenvalue weighted by Gasteiger charge is 2.13. The lowest BCUT2D eigenvalue weighted by Crippen LogP contribution is -2.26. The molecular weight excluding hydrogens is 366 g/mol. The summed E-state index contributed by atoms with van der Waals surface area (Å²) in [6, 6.07) is 11.8. The Morgan fingerprint density at radius 3 is 2.55 bits per heavy atom. The van der Waals surface area contributed by atoms with Crippen LogP contribution < -0.4 is 10.1 Å². The molecule has 2 rings (SSSR count). The molecule has 0 bridgehead atoms. The van der Waals surface area contributed by atoms with Crippen molar-refractivity contribution in [3.05, 3.63) is 52.9 Å². The molecule has 1 N–H and O–H groups in total. The molecule has 1 aromatic carbocycles. The van der Waals surface area contributed by atoms with E-state index < -0.39 is 0 Å². The molecular formula is C23H29N3O3. The van der Waals surface area contributed by atoms with Crippen LogP contribution in [0.15, 0.2) is 35.9 Å². The van der Waals surface area contributed by atoms with Gasteiger partial charge in [0.25, 0.3) is 5.91 Å². The number of ether oxygens (including phenoxy) is 2. The highest BCUT2D eigenvalue weighted by molar-refractivity contribution is 6.01. The largest absolute Gasteiger partial charge is 0.494 e. The maximum Gasteiger partial charge on any atom is 0.261 e. The second kappa shape index (κ2) is 11.1. The van der Waals surface area contributed by atoms with Gasteiger partial charge in [0.05, 0.1) is 6.61 Å². The summed E-state index contributed by atoms with van der Waals surface area (Å²) in [6.07, 6.45) is 2.36. The molecule has 0 atom stereocenters. The fraction of sp³-hybridized carbons (Fsp3) is 0.391. The van der Waals surface area contributed by atoms with Crippen molar-refractivity contribution < 1.29 is 14.3 Å². The van der Waals surface area contributed by atoms with Crippen molar-refractivity contribution in [2.75, 3.05) is 26.4 Å². The Morgan fingerprint density at radius 2 is 1.93 bits per heavy atom. The lowest BCUT2D eigenvalue weighted by Gasteiger charge is -2.11. The number of aromatic nitrogens is 1. The van der Waals surface area contributed by atoms with Crippen molar-refractivity contribution in [3.8, 4) is 17.5 Å². The molecule has 6 heteroatoms. The SMILES string of the molecule is CCOCCCNC(=O)/C(C#N)=C/c1cc(C)n(-c2ccc(OCC)cc2)c1C. The van der Waals surface area contributed by atoms with Gasteiger partial charge in [-0.15, -0.1) is 0 Å². The van der Waals surface area contributed by atoms with E-state index in [-0.39, 0.29) is 11.5 Å². The van der Waals surface area contributed by atoms with Crippen LogP contribution in [0.4, 0.5) is 0 Å². The van der Waals surface area contributed by atoms with Gasteiger partial charge in [-0.3, -0.25) is 4.79 Å². The first-order valence-electron chi connectivity index (χ1n) is 9.91. The lowest BCUT2D eigenvalue weighted by molar-refractivity contribution is -0.117. The Kier molecular flexibility index (Phi) is 8.50. The normalized spacial score (nSPS) is 11.2. The third-order valence-electron chi connectivity index (χ3n) is 4.50. The number of benzene rings is 1. The summed E-state index contributed by atoms with van der Waals surface area (Å²) in [6.45, 7) is 10.2. The predicted octanol–water partition coefficient (Wildman–Crippen LogP) is 3.94. The van der Waals surface area contributed by atoms with Gasteiger partial charge in [-0.1, -0.05) is 0 Å². The van der Waals surface area contributed by atoms with Crippen LogP contribution in [-0.2, 0) is 9.53 Å². The summed E-state index contributed by atoms with van der Waals surface area (Å²) < 4.78 is 12.8. The van der Waals surface area contributed by atoms with Crippen molar-refractivity contribution >= 4 is 12.0 Å². The number of hydrogen-bond acceptors (Lipinski definition) is 4. The monoisotopic (exact) mass is 395 g/mol. The molecule has 1 amide bonds. The molecule has 0 fully saturated rings.